The summed E-state index contributed by atoms with van der Waals surface area (Å²) in [5.74, 6) is 1.83. The lowest BCUT2D eigenvalue weighted by atomic mass is 10.1. The predicted molar refractivity (Wildman–Crippen MR) is 126 cm³/mol. The first-order valence-electron chi connectivity index (χ1n) is 10.2. The minimum atomic E-state index is -0.371. The first kappa shape index (κ1) is 21.9. The van der Waals surface area contributed by atoms with Crippen LogP contribution in [0.25, 0.3) is 16.6 Å². The zero-order valence-corrected chi connectivity index (χ0v) is 18.7. The molecule has 1 N–H and O–H groups in total. The summed E-state index contributed by atoms with van der Waals surface area (Å²) in [6.07, 6.45) is 0. The van der Waals surface area contributed by atoms with Crippen molar-refractivity contribution in [2.75, 3.05) is 26.6 Å². The van der Waals surface area contributed by atoms with Crippen LogP contribution in [0, 0.1) is 6.92 Å². The van der Waals surface area contributed by atoms with Gasteiger partial charge in [-0.2, -0.15) is 0 Å². The van der Waals surface area contributed by atoms with Gasteiger partial charge in [-0.15, -0.1) is 0 Å². The Kier molecular flexibility index (Phi) is 5.99. The number of rotatable bonds is 6. The molecule has 0 unspecified atom stereocenters. The van der Waals surface area contributed by atoms with Gasteiger partial charge in [0.1, 0.15) is 23.1 Å². The fraction of sp³-hybridized carbons (Fsp3) is 0.160. The molecule has 0 radical (unpaired) electrons. The normalized spacial score (nSPS) is 10.7. The van der Waals surface area contributed by atoms with Gasteiger partial charge in [-0.25, -0.2) is 4.98 Å². The fourth-order valence-corrected chi connectivity index (χ4v) is 3.59. The van der Waals surface area contributed by atoms with Crippen molar-refractivity contribution < 1.29 is 19.0 Å². The summed E-state index contributed by atoms with van der Waals surface area (Å²) in [6.45, 7) is 1.77. The molecule has 4 rings (SSSR count). The van der Waals surface area contributed by atoms with Gasteiger partial charge in [0.15, 0.2) is 0 Å². The molecule has 8 nitrogen and oxygen atoms in total. The van der Waals surface area contributed by atoms with E-state index in [0.717, 1.165) is 0 Å². The first-order chi connectivity index (χ1) is 15.9. The molecule has 1 amide bonds. The van der Waals surface area contributed by atoms with Crippen LogP contribution < -0.4 is 25.1 Å². The molecule has 33 heavy (non-hydrogen) atoms. The highest BCUT2D eigenvalue weighted by Gasteiger charge is 2.15. The molecule has 168 valence electrons. The maximum atomic E-state index is 13.3. The molecule has 0 saturated heterocycles. The van der Waals surface area contributed by atoms with Crippen LogP contribution in [0.4, 0.5) is 5.69 Å². The van der Waals surface area contributed by atoms with Crippen molar-refractivity contribution in [2.45, 2.75) is 6.92 Å². The Balaban J connectivity index is 1.72. The molecular formula is C25H23N3O5. The Hall–Kier alpha value is -4.33. The Morgan fingerprint density at radius 1 is 0.879 bits per heavy atom. The molecule has 1 heterocycles. The van der Waals surface area contributed by atoms with Crippen molar-refractivity contribution >= 4 is 22.5 Å². The second kappa shape index (κ2) is 9.04. The zero-order valence-electron chi connectivity index (χ0n) is 18.7. The third-order valence-corrected chi connectivity index (χ3v) is 5.28. The average Bonchev–Trinajstić information content (AvgIpc) is 2.84. The lowest BCUT2D eigenvalue weighted by Gasteiger charge is -2.13. The third kappa shape index (κ3) is 4.23. The summed E-state index contributed by atoms with van der Waals surface area (Å²) >= 11 is 0. The van der Waals surface area contributed by atoms with Crippen molar-refractivity contribution in [3.63, 3.8) is 0 Å². The Morgan fingerprint density at radius 2 is 1.58 bits per heavy atom. The first-order valence-corrected chi connectivity index (χ1v) is 10.2. The molecule has 4 aromatic rings. The van der Waals surface area contributed by atoms with Gasteiger partial charge in [0.2, 0.25) is 0 Å². The minimum Gasteiger partial charge on any atom is -0.497 e. The quantitative estimate of drug-likeness (QED) is 0.483. The third-order valence-electron chi connectivity index (χ3n) is 5.28. The highest BCUT2D eigenvalue weighted by Crippen LogP contribution is 2.26. The van der Waals surface area contributed by atoms with E-state index in [0.29, 0.717) is 50.9 Å². The number of nitrogens with one attached hydrogen (secondary N) is 1. The van der Waals surface area contributed by atoms with Crippen LogP contribution in [0.15, 0.2) is 65.5 Å². The Morgan fingerprint density at radius 3 is 2.24 bits per heavy atom. The topological polar surface area (TPSA) is 91.7 Å². The van der Waals surface area contributed by atoms with E-state index in [2.05, 4.69) is 10.3 Å². The van der Waals surface area contributed by atoms with Crippen LogP contribution in [-0.2, 0) is 0 Å². The SMILES string of the molecule is COc1ccc(-n2c(C)nc3ccc(NC(=O)c4ccc(OC)cc4OC)cc3c2=O)cc1. The monoisotopic (exact) mass is 445 g/mol. The summed E-state index contributed by atoms with van der Waals surface area (Å²) in [5.41, 5.74) is 1.79. The number of benzene rings is 3. The van der Waals surface area contributed by atoms with Crippen LogP contribution >= 0.6 is 0 Å². The number of hydrogen-bond acceptors (Lipinski definition) is 6. The highest BCUT2D eigenvalue weighted by molar-refractivity contribution is 6.07. The van der Waals surface area contributed by atoms with Gasteiger partial charge in [-0.05, 0) is 61.5 Å². The molecule has 0 saturated carbocycles. The van der Waals surface area contributed by atoms with Gasteiger partial charge in [-0.3, -0.25) is 14.2 Å². The second-order valence-corrected chi connectivity index (χ2v) is 7.25. The lowest BCUT2D eigenvalue weighted by Crippen LogP contribution is -2.22. The predicted octanol–water partition coefficient (Wildman–Crippen LogP) is 3.97. The molecule has 3 aromatic carbocycles. The van der Waals surface area contributed by atoms with Crippen molar-refractivity contribution in [2.24, 2.45) is 0 Å². The van der Waals surface area contributed by atoms with Crippen LogP contribution in [0.5, 0.6) is 17.2 Å². The molecule has 8 heteroatoms. The van der Waals surface area contributed by atoms with E-state index in [-0.39, 0.29) is 11.5 Å². The fourth-order valence-electron chi connectivity index (χ4n) is 3.59. The summed E-state index contributed by atoms with van der Waals surface area (Å²) < 4.78 is 17.2. The van der Waals surface area contributed by atoms with E-state index in [9.17, 15) is 9.59 Å². The van der Waals surface area contributed by atoms with Crippen molar-refractivity contribution in [3.05, 3.63) is 82.4 Å². The van der Waals surface area contributed by atoms with E-state index >= 15 is 0 Å². The molecule has 0 aliphatic rings. The number of ether oxygens (including phenoxy) is 3. The molecule has 0 atom stereocenters. The number of nitrogens with zero attached hydrogens (tertiary/aromatic N) is 2. The standard InChI is InChI=1S/C25H23N3O5/c1-15-26-22-12-5-16(27-24(29)20-11-10-19(32-3)14-23(20)33-4)13-21(22)25(30)28(15)17-6-8-18(31-2)9-7-17/h5-14H,1-4H3,(H,27,29). The van der Waals surface area contributed by atoms with Crippen LogP contribution in [0.1, 0.15) is 16.2 Å². The van der Waals surface area contributed by atoms with E-state index in [4.69, 9.17) is 14.2 Å². The number of carbonyl (C=O) groups is 1. The maximum absolute atomic E-state index is 13.3. The van der Waals surface area contributed by atoms with Crippen LogP contribution in [-0.4, -0.2) is 36.8 Å². The number of methoxy groups -OCH3 is 3. The molecule has 0 bridgehead atoms. The van der Waals surface area contributed by atoms with E-state index in [1.807, 2.05) is 0 Å². The summed E-state index contributed by atoms with van der Waals surface area (Å²) in [7, 11) is 4.61. The maximum Gasteiger partial charge on any atom is 0.266 e. The lowest BCUT2D eigenvalue weighted by molar-refractivity contribution is 0.102. The molecule has 0 aliphatic heterocycles. The average molecular weight is 445 g/mol. The molecule has 1 aromatic heterocycles. The molecule has 0 fully saturated rings. The summed E-state index contributed by atoms with van der Waals surface area (Å²) in [6, 6.07) is 17.1. The van der Waals surface area contributed by atoms with Crippen molar-refractivity contribution in [3.8, 4) is 22.9 Å². The molecule has 0 aliphatic carbocycles. The Bertz CT molecular complexity index is 1390. The number of hydrogen-bond donors (Lipinski definition) is 1. The van der Waals surface area contributed by atoms with Gasteiger partial charge in [0.25, 0.3) is 11.5 Å². The number of fused-ring (bicyclic) bond motifs is 1. The van der Waals surface area contributed by atoms with E-state index in [1.54, 1.807) is 74.7 Å². The largest absolute Gasteiger partial charge is 0.497 e. The smallest absolute Gasteiger partial charge is 0.266 e. The molecular weight excluding hydrogens is 422 g/mol. The summed E-state index contributed by atoms with van der Waals surface area (Å²) in [5, 5.41) is 3.21. The number of anilines is 1. The highest BCUT2D eigenvalue weighted by atomic mass is 16.5. The second-order valence-electron chi connectivity index (χ2n) is 7.25. The van der Waals surface area contributed by atoms with Gasteiger partial charge < -0.3 is 19.5 Å². The minimum absolute atomic E-state index is 0.235. The van der Waals surface area contributed by atoms with Crippen LogP contribution in [0.3, 0.4) is 0 Å². The van der Waals surface area contributed by atoms with Gasteiger partial charge in [-0.1, -0.05) is 0 Å². The van der Waals surface area contributed by atoms with Crippen molar-refractivity contribution in [1.82, 2.24) is 9.55 Å². The van der Waals surface area contributed by atoms with E-state index < -0.39 is 0 Å². The number of aryl methyl sites for hydroxylation is 1. The van der Waals surface area contributed by atoms with Gasteiger partial charge in [0, 0.05) is 11.8 Å². The zero-order chi connectivity index (χ0) is 23.5. The number of carbonyl (C=O) groups excluding carboxylic acids is 1. The van der Waals surface area contributed by atoms with Crippen molar-refractivity contribution in [1.29, 1.82) is 0 Å². The van der Waals surface area contributed by atoms with Crippen LogP contribution in [0.2, 0.25) is 0 Å². The summed E-state index contributed by atoms with van der Waals surface area (Å²) in [4.78, 5) is 30.8. The number of amides is 1. The molecule has 0 spiro atoms. The van der Waals surface area contributed by atoms with E-state index in [1.165, 1.54) is 18.8 Å². The van der Waals surface area contributed by atoms with Gasteiger partial charge >= 0.3 is 0 Å². The Labute approximate surface area is 190 Å². The van der Waals surface area contributed by atoms with Gasteiger partial charge in [0.05, 0.1) is 43.5 Å². The number of aromatic nitrogens is 2.